The molecule has 0 aliphatic carbocycles. The van der Waals surface area contributed by atoms with Crippen LogP contribution in [0.3, 0.4) is 0 Å². The molecular weight excluding hydrogens is 612 g/mol. The van der Waals surface area contributed by atoms with E-state index in [9.17, 15) is 14.4 Å². The highest BCUT2D eigenvalue weighted by Crippen LogP contribution is 2.15. The van der Waals surface area contributed by atoms with E-state index >= 15 is 0 Å². The van der Waals surface area contributed by atoms with Crippen LogP contribution in [-0.4, -0.2) is 37.2 Å². The standard InChI is InChI=1S/C43H82O6/c1-5-7-9-11-13-15-16-18-23-27-31-35-42(45)48-38-40(37-47-41(44)34-30-26-22-17-14-12-10-8-6-2)49-43(46)36-32-28-24-20-19-21-25-29-33-39(3)4/h39-40H,5-38H2,1-4H3/t40-/m1/s1. The lowest BCUT2D eigenvalue weighted by Gasteiger charge is -2.18. The van der Waals surface area contributed by atoms with E-state index in [1.807, 2.05) is 0 Å². The van der Waals surface area contributed by atoms with Crippen molar-refractivity contribution < 1.29 is 28.6 Å². The van der Waals surface area contributed by atoms with Gasteiger partial charge in [0.15, 0.2) is 6.10 Å². The number of esters is 3. The van der Waals surface area contributed by atoms with Crippen molar-refractivity contribution in [2.75, 3.05) is 13.2 Å². The maximum atomic E-state index is 12.6. The minimum Gasteiger partial charge on any atom is -0.462 e. The molecule has 0 heterocycles. The van der Waals surface area contributed by atoms with Gasteiger partial charge in [-0.3, -0.25) is 14.4 Å². The molecule has 0 saturated carbocycles. The second-order valence-corrected chi connectivity index (χ2v) is 15.1. The van der Waals surface area contributed by atoms with E-state index in [0.29, 0.717) is 19.3 Å². The average molecular weight is 695 g/mol. The first kappa shape index (κ1) is 47.4. The lowest BCUT2D eigenvalue weighted by Crippen LogP contribution is -2.30. The SMILES string of the molecule is CCCCCCCCCCCCCC(=O)OC[C@@H](COC(=O)CCCCCCCCCCC)OC(=O)CCCCCCCCCCC(C)C. The predicted molar refractivity (Wildman–Crippen MR) is 206 cm³/mol. The number of carbonyl (C=O) groups excluding carboxylic acids is 3. The van der Waals surface area contributed by atoms with Crippen LogP contribution in [0.5, 0.6) is 0 Å². The third-order valence-electron chi connectivity index (χ3n) is 9.54. The van der Waals surface area contributed by atoms with Gasteiger partial charge in [0.1, 0.15) is 13.2 Å². The fraction of sp³-hybridized carbons (Fsp3) is 0.930. The molecule has 0 aromatic carbocycles. The van der Waals surface area contributed by atoms with Crippen LogP contribution in [0.4, 0.5) is 0 Å². The Bertz CT molecular complexity index is 736. The van der Waals surface area contributed by atoms with Gasteiger partial charge in [0.25, 0.3) is 0 Å². The highest BCUT2D eigenvalue weighted by Gasteiger charge is 2.19. The zero-order valence-corrected chi connectivity index (χ0v) is 33.1. The molecule has 0 spiro atoms. The maximum absolute atomic E-state index is 12.6. The number of hydrogen-bond acceptors (Lipinski definition) is 6. The van der Waals surface area contributed by atoms with E-state index in [4.69, 9.17) is 14.2 Å². The van der Waals surface area contributed by atoms with Crippen LogP contribution < -0.4 is 0 Å². The molecule has 0 aromatic heterocycles. The Balaban J connectivity index is 4.34. The first-order valence-electron chi connectivity index (χ1n) is 21.4. The molecule has 0 aliphatic heterocycles. The van der Waals surface area contributed by atoms with Crippen molar-refractivity contribution in [2.45, 2.75) is 239 Å². The Hall–Kier alpha value is -1.59. The van der Waals surface area contributed by atoms with Crippen LogP contribution in [0.25, 0.3) is 0 Å². The van der Waals surface area contributed by atoms with E-state index in [0.717, 1.165) is 63.7 Å². The Kier molecular flexibility index (Phi) is 36.4. The van der Waals surface area contributed by atoms with Crippen LogP contribution in [0, 0.1) is 5.92 Å². The quantitative estimate of drug-likeness (QED) is 0.0364. The Morgan fingerprint density at radius 3 is 1.00 bits per heavy atom. The van der Waals surface area contributed by atoms with Gasteiger partial charge in [-0.25, -0.2) is 0 Å². The van der Waals surface area contributed by atoms with Crippen LogP contribution >= 0.6 is 0 Å². The first-order chi connectivity index (χ1) is 23.9. The summed E-state index contributed by atoms with van der Waals surface area (Å²) in [7, 11) is 0. The molecule has 0 N–H and O–H groups in total. The molecule has 6 nitrogen and oxygen atoms in total. The van der Waals surface area contributed by atoms with Gasteiger partial charge in [0.2, 0.25) is 0 Å². The highest BCUT2D eigenvalue weighted by molar-refractivity contribution is 5.71. The van der Waals surface area contributed by atoms with Crippen molar-refractivity contribution in [3.63, 3.8) is 0 Å². The summed E-state index contributed by atoms with van der Waals surface area (Å²) in [5.41, 5.74) is 0. The number of ether oxygens (including phenoxy) is 3. The van der Waals surface area contributed by atoms with E-state index in [1.165, 1.54) is 128 Å². The van der Waals surface area contributed by atoms with Crippen molar-refractivity contribution in [3.8, 4) is 0 Å². The van der Waals surface area contributed by atoms with E-state index < -0.39 is 6.10 Å². The molecule has 6 heteroatoms. The van der Waals surface area contributed by atoms with Crippen LogP contribution in [0.15, 0.2) is 0 Å². The maximum Gasteiger partial charge on any atom is 0.306 e. The van der Waals surface area contributed by atoms with Gasteiger partial charge in [-0.05, 0) is 25.2 Å². The third-order valence-corrected chi connectivity index (χ3v) is 9.54. The van der Waals surface area contributed by atoms with E-state index in [1.54, 1.807) is 0 Å². The lowest BCUT2D eigenvalue weighted by atomic mass is 10.0. The number of carbonyl (C=O) groups is 3. The minimum absolute atomic E-state index is 0.0648. The molecule has 0 unspecified atom stereocenters. The van der Waals surface area contributed by atoms with Gasteiger partial charge in [0.05, 0.1) is 0 Å². The predicted octanol–water partition coefficient (Wildman–Crippen LogP) is 13.2. The van der Waals surface area contributed by atoms with Crippen LogP contribution in [0.1, 0.15) is 233 Å². The molecule has 1 atom stereocenters. The second kappa shape index (κ2) is 37.7. The topological polar surface area (TPSA) is 78.9 Å². The van der Waals surface area contributed by atoms with E-state index in [-0.39, 0.29) is 31.1 Å². The van der Waals surface area contributed by atoms with Gasteiger partial charge >= 0.3 is 17.9 Å². The van der Waals surface area contributed by atoms with Gasteiger partial charge in [-0.15, -0.1) is 0 Å². The smallest absolute Gasteiger partial charge is 0.306 e. The number of hydrogen-bond donors (Lipinski definition) is 0. The average Bonchev–Trinajstić information content (AvgIpc) is 3.08. The van der Waals surface area contributed by atoms with Crippen LogP contribution in [0.2, 0.25) is 0 Å². The molecule has 0 fully saturated rings. The second-order valence-electron chi connectivity index (χ2n) is 15.1. The summed E-state index contributed by atoms with van der Waals surface area (Å²) in [6.07, 6.45) is 35.2. The molecule has 49 heavy (non-hydrogen) atoms. The Labute approximate surface area is 304 Å². The molecule has 0 amide bonds. The summed E-state index contributed by atoms with van der Waals surface area (Å²) in [6.45, 7) is 8.92. The summed E-state index contributed by atoms with van der Waals surface area (Å²) in [4.78, 5) is 37.5. The monoisotopic (exact) mass is 695 g/mol. The molecule has 0 aliphatic rings. The van der Waals surface area contributed by atoms with Gasteiger partial charge < -0.3 is 14.2 Å². The number of unbranched alkanes of at least 4 members (excludes halogenated alkanes) is 25. The van der Waals surface area contributed by atoms with Gasteiger partial charge in [0, 0.05) is 19.3 Å². The highest BCUT2D eigenvalue weighted by atomic mass is 16.6. The molecule has 0 bridgehead atoms. The summed E-state index contributed by atoms with van der Waals surface area (Å²) in [5, 5.41) is 0. The number of rotatable bonds is 38. The largest absolute Gasteiger partial charge is 0.462 e. The Morgan fingerprint density at radius 2 is 0.673 bits per heavy atom. The van der Waals surface area contributed by atoms with Crippen molar-refractivity contribution in [3.05, 3.63) is 0 Å². The molecule has 0 rings (SSSR count). The normalized spacial score (nSPS) is 11.9. The molecule has 0 radical (unpaired) electrons. The third kappa shape index (κ3) is 37.5. The molecular formula is C43H82O6. The van der Waals surface area contributed by atoms with Gasteiger partial charge in [-0.1, -0.05) is 195 Å². The summed E-state index contributed by atoms with van der Waals surface area (Å²) in [6, 6.07) is 0. The van der Waals surface area contributed by atoms with Crippen molar-refractivity contribution in [1.29, 1.82) is 0 Å². The van der Waals surface area contributed by atoms with Crippen LogP contribution in [-0.2, 0) is 28.6 Å². The Morgan fingerprint density at radius 1 is 0.388 bits per heavy atom. The van der Waals surface area contributed by atoms with Crippen molar-refractivity contribution in [1.82, 2.24) is 0 Å². The molecule has 0 saturated heterocycles. The fourth-order valence-electron chi connectivity index (χ4n) is 6.27. The van der Waals surface area contributed by atoms with Crippen molar-refractivity contribution >= 4 is 17.9 Å². The summed E-state index contributed by atoms with van der Waals surface area (Å²) in [5.74, 6) is -0.0695. The summed E-state index contributed by atoms with van der Waals surface area (Å²) < 4.78 is 16.6. The van der Waals surface area contributed by atoms with Gasteiger partial charge in [-0.2, -0.15) is 0 Å². The lowest BCUT2D eigenvalue weighted by molar-refractivity contribution is -0.167. The molecule has 290 valence electrons. The minimum atomic E-state index is -0.758. The van der Waals surface area contributed by atoms with E-state index in [2.05, 4.69) is 27.7 Å². The zero-order chi connectivity index (χ0) is 36.0. The molecule has 0 aromatic rings. The van der Waals surface area contributed by atoms with Crippen molar-refractivity contribution in [2.24, 2.45) is 5.92 Å². The first-order valence-corrected chi connectivity index (χ1v) is 21.4. The fourth-order valence-corrected chi connectivity index (χ4v) is 6.27. The summed E-state index contributed by atoms with van der Waals surface area (Å²) >= 11 is 0. The zero-order valence-electron chi connectivity index (χ0n) is 33.1.